The third kappa shape index (κ3) is 4.34. The summed E-state index contributed by atoms with van der Waals surface area (Å²) in [5, 5.41) is 0.240. The van der Waals surface area contributed by atoms with E-state index in [0.29, 0.717) is 0 Å². The number of sulfone groups is 1. The van der Waals surface area contributed by atoms with Gasteiger partial charge in [0.15, 0.2) is 0 Å². The van der Waals surface area contributed by atoms with Gasteiger partial charge in [-0.2, -0.15) is 4.31 Å². The highest BCUT2D eigenvalue weighted by atomic mass is 35.5. The van der Waals surface area contributed by atoms with Gasteiger partial charge in [0.1, 0.15) is 14.7 Å². The van der Waals surface area contributed by atoms with E-state index in [0.717, 1.165) is 10.6 Å². The zero-order chi connectivity index (χ0) is 14.8. The molecule has 0 radical (unpaired) electrons. The van der Waals surface area contributed by atoms with E-state index in [-0.39, 0.29) is 27.9 Å². The van der Waals surface area contributed by atoms with Crippen molar-refractivity contribution < 1.29 is 16.8 Å². The second kappa shape index (κ2) is 5.66. The highest BCUT2D eigenvalue weighted by molar-refractivity contribution is 7.91. The summed E-state index contributed by atoms with van der Waals surface area (Å²) >= 11 is 5.74. The van der Waals surface area contributed by atoms with E-state index in [1.807, 2.05) is 0 Å². The SMILES string of the molecule is CN(CCS(C)(=O)=O)S(=O)(=O)c1cc(Cl)ccc1N. The van der Waals surface area contributed by atoms with Crippen LogP contribution in [-0.4, -0.2) is 46.7 Å². The number of anilines is 1. The molecule has 2 N–H and O–H groups in total. The maximum atomic E-state index is 12.2. The molecule has 0 saturated heterocycles. The number of rotatable bonds is 5. The molecular weight excluding hydrogens is 312 g/mol. The molecule has 0 fully saturated rings. The van der Waals surface area contributed by atoms with E-state index in [1.54, 1.807) is 0 Å². The van der Waals surface area contributed by atoms with E-state index >= 15 is 0 Å². The quantitative estimate of drug-likeness (QED) is 0.798. The zero-order valence-electron chi connectivity index (χ0n) is 10.5. The van der Waals surface area contributed by atoms with Crippen LogP contribution in [0.15, 0.2) is 23.1 Å². The number of sulfonamides is 1. The van der Waals surface area contributed by atoms with Gasteiger partial charge < -0.3 is 5.73 Å². The largest absolute Gasteiger partial charge is 0.398 e. The predicted molar refractivity (Wildman–Crippen MR) is 75.4 cm³/mol. The topological polar surface area (TPSA) is 97.5 Å². The van der Waals surface area contributed by atoms with Crippen molar-refractivity contribution in [1.82, 2.24) is 4.31 Å². The number of halogens is 1. The maximum absolute atomic E-state index is 12.2. The lowest BCUT2D eigenvalue weighted by molar-refractivity contribution is 0.485. The Bertz CT molecular complexity index is 671. The van der Waals surface area contributed by atoms with Crippen LogP contribution in [0, 0.1) is 0 Å². The molecule has 1 aromatic carbocycles. The van der Waals surface area contributed by atoms with Crippen LogP contribution in [0.1, 0.15) is 0 Å². The molecular formula is C10H15ClN2O4S2. The van der Waals surface area contributed by atoms with Crippen molar-refractivity contribution in [1.29, 1.82) is 0 Å². The summed E-state index contributed by atoms with van der Waals surface area (Å²) in [5.74, 6) is -0.261. The Hall–Kier alpha value is -0.830. The molecule has 0 aromatic heterocycles. The summed E-state index contributed by atoms with van der Waals surface area (Å²) in [6, 6.07) is 4.11. The van der Waals surface area contributed by atoms with Gasteiger partial charge in [-0.25, -0.2) is 16.8 Å². The third-order valence-corrected chi connectivity index (χ3v) is 5.51. The number of hydrogen-bond acceptors (Lipinski definition) is 5. The van der Waals surface area contributed by atoms with Gasteiger partial charge in [0.05, 0.1) is 11.4 Å². The Kier molecular flexibility index (Phi) is 4.83. The molecule has 9 heteroatoms. The Morgan fingerprint density at radius 3 is 2.37 bits per heavy atom. The monoisotopic (exact) mass is 326 g/mol. The van der Waals surface area contributed by atoms with E-state index in [1.165, 1.54) is 25.2 Å². The average Bonchev–Trinajstić information content (AvgIpc) is 2.28. The fraction of sp³-hybridized carbons (Fsp3) is 0.400. The standard InChI is InChI=1S/C10H15ClN2O4S2/c1-13(5-6-18(2,14)15)19(16,17)10-7-8(11)3-4-9(10)12/h3-4,7H,5-6,12H2,1-2H3. The van der Waals surface area contributed by atoms with Crippen LogP contribution in [0.3, 0.4) is 0 Å². The van der Waals surface area contributed by atoms with Crippen molar-refractivity contribution in [2.24, 2.45) is 0 Å². The van der Waals surface area contributed by atoms with E-state index < -0.39 is 19.9 Å². The molecule has 0 amide bonds. The predicted octanol–water partition coefficient (Wildman–Crippen LogP) is 0.587. The minimum atomic E-state index is -3.86. The fourth-order valence-corrected chi connectivity index (χ4v) is 3.58. The number of nitrogens with zero attached hydrogens (tertiary/aromatic N) is 1. The first kappa shape index (κ1) is 16.2. The van der Waals surface area contributed by atoms with Crippen LogP contribution in [0.2, 0.25) is 5.02 Å². The molecule has 19 heavy (non-hydrogen) atoms. The average molecular weight is 327 g/mol. The minimum absolute atomic E-state index is 0.0654. The lowest BCUT2D eigenvalue weighted by atomic mass is 10.3. The van der Waals surface area contributed by atoms with Gasteiger partial charge in [0, 0.05) is 24.9 Å². The van der Waals surface area contributed by atoms with E-state index in [4.69, 9.17) is 17.3 Å². The molecule has 1 rings (SSSR count). The summed E-state index contributed by atoms with van der Waals surface area (Å²) in [5.41, 5.74) is 5.68. The van der Waals surface area contributed by atoms with E-state index in [9.17, 15) is 16.8 Å². The lowest BCUT2D eigenvalue weighted by Gasteiger charge is -2.18. The van der Waals surface area contributed by atoms with Crippen LogP contribution >= 0.6 is 11.6 Å². The molecule has 0 bridgehead atoms. The Morgan fingerprint density at radius 2 is 1.84 bits per heavy atom. The summed E-state index contributed by atoms with van der Waals surface area (Å²) in [6.07, 6.45) is 1.04. The zero-order valence-corrected chi connectivity index (χ0v) is 12.9. The number of nitrogen functional groups attached to an aromatic ring is 1. The highest BCUT2D eigenvalue weighted by Gasteiger charge is 2.24. The first-order chi connectivity index (χ1) is 8.54. The second-order valence-electron chi connectivity index (χ2n) is 4.14. The molecule has 0 aliphatic carbocycles. The van der Waals surface area contributed by atoms with Crippen LogP contribution < -0.4 is 5.73 Å². The Morgan fingerprint density at radius 1 is 1.26 bits per heavy atom. The van der Waals surface area contributed by atoms with Gasteiger partial charge in [-0.05, 0) is 18.2 Å². The van der Waals surface area contributed by atoms with Gasteiger partial charge in [-0.1, -0.05) is 11.6 Å². The van der Waals surface area contributed by atoms with Crippen LogP contribution in [0.5, 0.6) is 0 Å². The maximum Gasteiger partial charge on any atom is 0.244 e. The van der Waals surface area contributed by atoms with Crippen LogP contribution in [0.25, 0.3) is 0 Å². The molecule has 0 heterocycles. The fourth-order valence-electron chi connectivity index (χ4n) is 1.31. The Balaban J connectivity index is 3.07. The second-order valence-corrected chi connectivity index (χ2v) is 8.85. The molecule has 0 unspecified atom stereocenters. The molecule has 6 nitrogen and oxygen atoms in total. The van der Waals surface area contributed by atoms with Gasteiger partial charge in [-0.3, -0.25) is 0 Å². The highest BCUT2D eigenvalue weighted by Crippen LogP contribution is 2.25. The molecule has 0 aliphatic heterocycles. The van der Waals surface area contributed by atoms with Crippen molar-refractivity contribution >= 4 is 37.1 Å². The number of benzene rings is 1. The van der Waals surface area contributed by atoms with Gasteiger partial charge in [0.25, 0.3) is 0 Å². The number of nitrogens with two attached hydrogens (primary N) is 1. The smallest absolute Gasteiger partial charge is 0.244 e. The minimum Gasteiger partial charge on any atom is -0.398 e. The molecule has 0 saturated carbocycles. The van der Waals surface area contributed by atoms with E-state index in [2.05, 4.69) is 0 Å². The summed E-state index contributed by atoms with van der Waals surface area (Å²) in [6.45, 7) is -0.146. The molecule has 108 valence electrons. The number of hydrogen-bond donors (Lipinski definition) is 1. The van der Waals surface area contributed by atoms with Crippen molar-refractivity contribution in [3.05, 3.63) is 23.2 Å². The summed E-state index contributed by atoms with van der Waals surface area (Å²) < 4.78 is 47.5. The summed E-state index contributed by atoms with van der Waals surface area (Å²) in [7, 11) is -5.81. The Labute approximate surface area is 118 Å². The third-order valence-electron chi connectivity index (χ3n) is 2.44. The normalized spacial score (nSPS) is 12.8. The lowest BCUT2D eigenvalue weighted by Crippen LogP contribution is -2.32. The van der Waals surface area contributed by atoms with Crippen molar-refractivity contribution in [3.8, 4) is 0 Å². The van der Waals surface area contributed by atoms with Gasteiger partial charge in [-0.15, -0.1) is 0 Å². The first-order valence-electron chi connectivity index (χ1n) is 5.23. The van der Waals surface area contributed by atoms with Crippen molar-refractivity contribution in [2.75, 3.05) is 31.3 Å². The molecule has 1 aromatic rings. The molecule has 0 atom stereocenters. The van der Waals surface area contributed by atoms with Crippen LogP contribution in [0.4, 0.5) is 5.69 Å². The van der Waals surface area contributed by atoms with Crippen molar-refractivity contribution in [3.63, 3.8) is 0 Å². The van der Waals surface area contributed by atoms with Gasteiger partial charge >= 0.3 is 0 Å². The van der Waals surface area contributed by atoms with Crippen molar-refractivity contribution in [2.45, 2.75) is 4.90 Å². The summed E-state index contributed by atoms with van der Waals surface area (Å²) in [4.78, 5) is -0.129. The first-order valence-corrected chi connectivity index (χ1v) is 9.11. The molecule has 0 aliphatic rings. The van der Waals surface area contributed by atoms with Gasteiger partial charge in [0.2, 0.25) is 10.0 Å². The molecule has 0 spiro atoms. The van der Waals surface area contributed by atoms with Crippen LogP contribution in [-0.2, 0) is 19.9 Å².